The Morgan fingerprint density at radius 3 is 2.56 bits per heavy atom. The van der Waals surface area contributed by atoms with Crippen molar-refractivity contribution < 1.29 is 24.5 Å². The van der Waals surface area contributed by atoms with Crippen LogP contribution in [0.2, 0.25) is 0 Å². The van der Waals surface area contributed by atoms with Crippen molar-refractivity contribution in [3.63, 3.8) is 0 Å². The minimum atomic E-state index is -0.990. The zero-order chi connectivity index (χ0) is 23.7. The number of benzene rings is 4. The number of carbonyl (C=O) groups excluding carboxylic acids is 1. The summed E-state index contributed by atoms with van der Waals surface area (Å²) in [5.41, 5.74) is 3.11. The fraction of sp³-hybridized carbons (Fsp3) is 0.111. The van der Waals surface area contributed by atoms with E-state index in [1.54, 1.807) is 12.1 Å². The fourth-order valence-electron chi connectivity index (χ4n) is 4.15. The number of fused-ring (bicyclic) bond motifs is 3. The van der Waals surface area contributed by atoms with E-state index in [4.69, 9.17) is 9.84 Å². The summed E-state index contributed by atoms with van der Waals surface area (Å²) < 4.78 is 5.98. The van der Waals surface area contributed by atoms with Crippen LogP contribution in [0, 0.1) is 0 Å². The lowest BCUT2D eigenvalue weighted by atomic mass is 10.0. The van der Waals surface area contributed by atoms with Gasteiger partial charge in [-0.15, -0.1) is 0 Å². The summed E-state index contributed by atoms with van der Waals surface area (Å²) >= 11 is 0. The molecule has 0 saturated heterocycles. The van der Waals surface area contributed by atoms with Gasteiger partial charge in [-0.3, -0.25) is 9.59 Å². The number of aromatic hydroxyl groups is 1. The molecule has 1 aliphatic rings. The van der Waals surface area contributed by atoms with E-state index < -0.39 is 11.9 Å². The number of nitrogens with one attached hydrogen (secondary N) is 1. The van der Waals surface area contributed by atoms with Gasteiger partial charge in [-0.05, 0) is 58.8 Å². The lowest BCUT2D eigenvalue weighted by Crippen LogP contribution is -2.32. The molecule has 3 N–H and O–H groups in total. The lowest BCUT2D eigenvalue weighted by molar-refractivity contribution is -0.136. The first-order valence-electron chi connectivity index (χ1n) is 10.8. The van der Waals surface area contributed by atoms with E-state index in [1.165, 1.54) is 18.2 Å². The van der Waals surface area contributed by atoms with E-state index in [1.807, 2.05) is 30.3 Å². The monoisotopic (exact) mass is 454 g/mol. The zero-order valence-corrected chi connectivity index (χ0v) is 18.2. The highest BCUT2D eigenvalue weighted by molar-refractivity contribution is 6.05. The van der Waals surface area contributed by atoms with E-state index in [-0.39, 0.29) is 17.9 Å². The van der Waals surface area contributed by atoms with Crippen molar-refractivity contribution in [3.05, 3.63) is 95.6 Å². The predicted octanol–water partition coefficient (Wildman–Crippen LogP) is 4.78. The summed E-state index contributed by atoms with van der Waals surface area (Å²) in [5.74, 6) is -0.636. The Morgan fingerprint density at radius 1 is 0.971 bits per heavy atom. The molecular weight excluding hydrogens is 432 g/mol. The summed E-state index contributed by atoms with van der Waals surface area (Å²) in [4.78, 5) is 25.8. The Hall–Kier alpha value is -4.52. The SMILES string of the molecule is O=C(O)Cc1ccc(O)c(NC(=O)c2ccc(N3COc4ccc5ccccc5c4C3)cc2)c1. The molecule has 0 bridgehead atoms. The summed E-state index contributed by atoms with van der Waals surface area (Å²) in [7, 11) is 0. The van der Waals surface area contributed by atoms with Gasteiger partial charge < -0.3 is 25.2 Å². The maximum Gasteiger partial charge on any atom is 0.307 e. The van der Waals surface area contributed by atoms with Crippen molar-refractivity contribution in [2.45, 2.75) is 13.0 Å². The standard InChI is InChI=1S/C27H22N2O5/c30-24-11-5-17(14-26(31)32)13-23(24)28-27(33)19-6-9-20(10-7-19)29-15-22-21-4-2-1-3-18(21)8-12-25(22)34-16-29/h1-13,30H,14-16H2,(H,28,33)(H,31,32). The largest absolute Gasteiger partial charge is 0.506 e. The van der Waals surface area contributed by atoms with Crippen molar-refractivity contribution in [2.75, 3.05) is 16.9 Å². The third-order valence-electron chi connectivity index (χ3n) is 5.88. The molecule has 7 heteroatoms. The molecule has 0 atom stereocenters. The summed E-state index contributed by atoms with van der Waals surface area (Å²) in [5, 5.41) is 24.0. The smallest absolute Gasteiger partial charge is 0.307 e. The first kappa shape index (κ1) is 21.3. The third-order valence-corrected chi connectivity index (χ3v) is 5.88. The van der Waals surface area contributed by atoms with Gasteiger partial charge in [-0.25, -0.2) is 0 Å². The maximum atomic E-state index is 12.7. The van der Waals surface area contributed by atoms with E-state index in [0.717, 1.165) is 27.8 Å². The molecule has 1 heterocycles. The lowest BCUT2D eigenvalue weighted by Gasteiger charge is -2.31. The predicted molar refractivity (Wildman–Crippen MR) is 129 cm³/mol. The fourth-order valence-corrected chi connectivity index (χ4v) is 4.15. The molecule has 170 valence electrons. The van der Waals surface area contributed by atoms with Crippen molar-refractivity contribution in [2.24, 2.45) is 0 Å². The number of nitrogens with zero attached hydrogens (tertiary/aromatic N) is 1. The van der Waals surface area contributed by atoms with Gasteiger partial charge in [-0.1, -0.05) is 36.4 Å². The number of carbonyl (C=O) groups is 2. The average Bonchev–Trinajstić information content (AvgIpc) is 2.85. The summed E-state index contributed by atoms with van der Waals surface area (Å²) in [6, 6.07) is 23.7. The first-order chi connectivity index (χ1) is 16.5. The number of hydrogen-bond donors (Lipinski definition) is 3. The highest BCUT2D eigenvalue weighted by atomic mass is 16.5. The van der Waals surface area contributed by atoms with Gasteiger partial charge in [0.15, 0.2) is 6.73 Å². The molecule has 7 nitrogen and oxygen atoms in total. The van der Waals surface area contributed by atoms with Crippen molar-refractivity contribution in [1.82, 2.24) is 0 Å². The molecule has 4 aromatic rings. The average molecular weight is 454 g/mol. The van der Waals surface area contributed by atoms with Crippen LogP contribution < -0.4 is 15.0 Å². The number of phenolic OH excluding ortho intramolecular Hbond substituents is 1. The number of phenols is 1. The molecule has 5 rings (SSSR count). The second-order valence-electron chi connectivity index (χ2n) is 8.16. The van der Waals surface area contributed by atoms with E-state index in [0.29, 0.717) is 24.4 Å². The summed E-state index contributed by atoms with van der Waals surface area (Å²) in [6.07, 6.45) is -0.200. The number of aliphatic carboxylic acids is 1. The van der Waals surface area contributed by atoms with Crippen LogP contribution in [0.15, 0.2) is 78.9 Å². The minimum absolute atomic E-state index is 0.129. The number of carboxylic acid groups (broad SMARTS) is 1. The van der Waals surface area contributed by atoms with Gasteiger partial charge in [-0.2, -0.15) is 0 Å². The topological polar surface area (TPSA) is 99.1 Å². The molecule has 4 aromatic carbocycles. The molecule has 0 aliphatic carbocycles. The summed E-state index contributed by atoms with van der Waals surface area (Å²) in [6.45, 7) is 1.09. The molecule has 0 fully saturated rings. The van der Waals surface area contributed by atoms with Crippen molar-refractivity contribution in [1.29, 1.82) is 0 Å². The van der Waals surface area contributed by atoms with Crippen LogP contribution in [-0.2, 0) is 17.8 Å². The molecule has 34 heavy (non-hydrogen) atoms. The van der Waals surface area contributed by atoms with Crippen LogP contribution in [0.3, 0.4) is 0 Å². The van der Waals surface area contributed by atoms with Crippen LogP contribution in [0.25, 0.3) is 10.8 Å². The number of carboxylic acids is 1. The highest BCUT2D eigenvalue weighted by Crippen LogP contribution is 2.34. The Balaban J connectivity index is 1.32. The van der Waals surface area contributed by atoms with E-state index in [2.05, 4.69) is 28.4 Å². The third kappa shape index (κ3) is 4.23. The second-order valence-corrected chi connectivity index (χ2v) is 8.16. The number of hydrogen-bond acceptors (Lipinski definition) is 5. The van der Waals surface area contributed by atoms with Crippen LogP contribution in [-0.4, -0.2) is 28.8 Å². The van der Waals surface area contributed by atoms with Crippen LogP contribution >= 0.6 is 0 Å². The van der Waals surface area contributed by atoms with E-state index >= 15 is 0 Å². The van der Waals surface area contributed by atoms with Gasteiger partial charge in [0.05, 0.1) is 18.7 Å². The Labute approximate surface area is 195 Å². The molecule has 0 unspecified atom stereocenters. The normalized spacial score (nSPS) is 12.6. The molecule has 0 saturated carbocycles. The molecule has 0 spiro atoms. The zero-order valence-electron chi connectivity index (χ0n) is 18.2. The van der Waals surface area contributed by atoms with Crippen LogP contribution in [0.5, 0.6) is 11.5 Å². The molecular formula is C27H22N2O5. The first-order valence-corrected chi connectivity index (χ1v) is 10.8. The maximum absolute atomic E-state index is 12.7. The van der Waals surface area contributed by atoms with Gasteiger partial charge in [0.1, 0.15) is 11.5 Å². The van der Waals surface area contributed by atoms with Gasteiger partial charge in [0, 0.05) is 16.8 Å². The molecule has 1 amide bonds. The number of rotatable bonds is 5. The quantitative estimate of drug-likeness (QED) is 0.375. The second kappa shape index (κ2) is 8.78. The number of ether oxygens (including phenoxy) is 1. The Kier molecular flexibility index (Phi) is 5.51. The van der Waals surface area contributed by atoms with Crippen molar-refractivity contribution in [3.8, 4) is 11.5 Å². The van der Waals surface area contributed by atoms with Gasteiger partial charge in [0.2, 0.25) is 0 Å². The highest BCUT2D eigenvalue weighted by Gasteiger charge is 2.20. The van der Waals surface area contributed by atoms with Crippen LogP contribution in [0.1, 0.15) is 21.5 Å². The molecule has 0 radical (unpaired) electrons. The Morgan fingerprint density at radius 2 is 1.76 bits per heavy atom. The number of anilines is 2. The Bertz CT molecular complexity index is 1400. The van der Waals surface area contributed by atoms with Crippen LogP contribution in [0.4, 0.5) is 11.4 Å². The van der Waals surface area contributed by atoms with E-state index in [9.17, 15) is 14.7 Å². The molecule has 1 aliphatic heterocycles. The molecule has 0 aromatic heterocycles. The van der Waals surface area contributed by atoms with Gasteiger partial charge in [0.25, 0.3) is 5.91 Å². The van der Waals surface area contributed by atoms with Gasteiger partial charge >= 0.3 is 5.97 Å². The van der Waals surface area contributed by atoms with Crippen molar-refractivity contribution >= 4 is 34.0 Å². The minimum Gasteiger partial charge on any atom is -0.506 e. The number of amides is 1.